The van der Waals surface area contributed by atoms with Crippen molar-refractivity contribution in [3.05, 3.63) is 48.8 Å². The van der Waals surface area contributed by atoms with E-state index in [2.05, 4.69) is 15.3 Å². The zero-order valence-electron chi connectivity index (χ0n) is 15.3. The predicted molar refractivity (Wildman–Crippen MR) is 108 cm³/mol. The molecular formula is C20H21N3O3S. The number of carbonyl (C=O) groups is 1. The van der Waals surface area contributed by atoms with Crippen molar-refractivity contribution >= 4 is 34.3 Å². The van der Waals surface area contributed by atoms with E-state index < -0.39 is 0 Å². The summed E-state index contributed by atoms with van der Waals surface area (Å²) in [7, 11) is 0. The summed E-state index contributed by atoms with van der Waals surface area (Å²) >= 11 is 1.38. The molecule has 3 rings (SSSR count). The Hall–Kier alpha value is -2.80. The monoisotopic (exact) mass is 383 g/mol. The Labute approximate surface area is 162 Å². The zero-order valence-corrected chi connectivity index (χ0v) is 16.1. The minimum absolute atomic E-state index is 0.141. The van der Waals surface area contributed by atoms with Gasteiger partial charge in [-0.05, 0) is 32.0 Å². The molecule has 1 aromatic heterocycles. The maximum atomic E-state index is 12.5. The van der Waals surface area contributed by atoms with E-state index in [0.29, 0.717) is 30.4 Å². The number of para-hydroxylation sites is 1. The van der Waals surface area contributed by atoms with Gasteiger partial charge in [-0.2, -0.15) is 0 Å². The number of benzene rings is 2. The lowest BCUT2D eigenvalue weighted by molar-refractivity contribution is -0.113. The Bertz CT molecular complexity index is 928. The maximum absolute atomic E-state index is 12.5. The van der Waals surface area contributed by atoms with Crippen LogP contribution >= 0.6 is 11.8 Å². The van der Waals surface area contributed by atoms with Crippen molar-refractivity contribution in [3.63, 3.8) is 0 Å². The van der Waals surface area contributed by atoms with Crippen LogP contribution < -0.4 is 14.8 Å². The largest absolute Gasteiger partial charge is 0.494 e. The normalized spacial score (nSPS) is 10.6. The van der Waals surface area contributed by atoms with E-state index >= 15 is 0 Å². The van der Waals surface area contributed by atoms with Gasteiger partial charge in [0.2, 0.25) is 5.91 Å². The molecule has 0 bridgehead atoms. The van der Waals surface area contributed by atoms with E-state index in [1.54, 1.807) is 12.1 Å². The number of hydrogen-bond donors (Lipinski definition) is 1. The molecule has 0 atom stereocenters. The fourth-order valence-electron chi connectivity index (χ4n) is 2.56. The fourth-order valence-corrected chi connectivity index (χ4v) is 3.35. The highest BCUT2D eigenvalue weighted by Gasteiger charge is 2.12. The fraction of sp³-hybridized carbons (Fsp3) is 0.250. The molecule has 140 valence electrons. The van der Waals surface area contributed by atoms with Crippen molar-refractivity contribution in [3.8, 4) is 11.5 Å². The summed E-state index contributed by atoms with van der Waals surface area (Å²) in [5.41, 5.74) is 1.46. The topological polar surface area (TPSA) is 73.3 Å². The molecule has 6 nitrogen and oxygen atoms in total. The van der Waals surface area contributed by atoms with E-state index in [1.807, 2.05) is 44.2 Å². The average molecular weight is 383 g/mol. The molecule has 0 saturated heterocycles. The lowest BCUT2D eigenvalue weighted by atomic mass is 10.2. The van der Waals surface area contributed by atoms with E-state index in [-0.39, 0.29) is 11.7 Å². The van der Waals surface area contributed by atoms with E-state index in [1.165, 1.54) is 18.1 Å². The van der Waals surface area contributed by atoms with Crippen LogP contribution in [0.1, 0.15) is 13.8 Å². The van der Waals surface area contributed by atoms with Crippen molar-refractivity contribution in [1.82, 2.24) is 9.97 Å². The summed E-state index contributed by atoms with van der Waals surface area (Å²) in [4.78, 5) is 21.0. The van der Waals surface area contributed by atoms with Gasteiger partial charge in [-0.25, -0.2) is 9.97 Å². The Morgan fingerprint density at radius 1 is 1.07 bits per heavy atom. The van der Waals surface area contributed by atoms with Crippen molar-refractivity contribution in [1.29, 1.82) is 0 Å². The summed E-state index contributed by atoms with van der Waals surface area (Å²) in [6, 6.07) is 13.1. The van der Waals surface area contributed by atoms with Gasteiger partial charge >= 0.3 is 0 Å². The van der Waals surface area contributed by atoms with E-state index in [4.69, 9.17) is 9.47 Å². The van der Waals surface area contributed by atoms with Gasteiger partial charge in [-0.1, -0.05) is 30.0 Å². The number of nitrogens with zero attached hydrogens (tertiary/aromatic N) is 2. The number of anilines is 1. The minimum atomic E-state index is -0.141. The first kappa shape index (κ1) is 19.0. The summed E-state index contributed by atoms with van der Waals surface area (Å²) in [5, 5.41) is 4.62. The van der Waals surface area contributed by atoms with Gasteiger partial charge in [0, 0.05) is 11.5 Å². The molecule has 0 spiro atoms. The zero-order chi connectivity index (χ0) is 19.1. The maximum Gasteiger partial charge on any atom is 0.234 e. The number of rotatable bonds is 8. The highest BCUT2D eigenvalue weighted by molar-refractivity contribution is 8.00. The lowest BCUT2D eigenvalue weighted by Gasteiger charge is -2.13. The molecule has 7 heteroatoms. The molecule has 0 saturated carbocycles. The summed E-state index contributed by atoms with van der Waals surface area (Å²) in [6.07, 6.45) is 1.52. The summed E-state index contributed by atoms with van der Waals surface area (Å²) < 4.78 is 11.1. The number of thioether (sulfide) groups is 1. The van der Waals surface area contributed by atoms with Crippen molar-refractivity contribution in [2.24, 2.45) is 0 Å². The molecule has 0 aliphatic heterocycles. The molecule has 0 aliphatic rings. The SMILES string of the molecule is CCOc1ccc(OCC)c(NC(=O)CSc2ncnc3ccccc23)c1. The van der Waals surface area contributed by atoms with Gasteiger partial charge in [-0.3, -0.25) is 4.79 Å². The van der Waals surface area contributed by atoms with Crippen LogP contribution in [-0.4, -0.2) is 34.8 Å². The van der Waals surface area contributed by atoms with Crippen molar-refractivity contribution < 1.29 is 14.3 Å². The number of aromatic nitrogens is 2. The highest BCUT2D eigenvalue weighted by Crippen LogP contribution is 2.30. The molecule has 27 heavy (non-hydrogen) atoms. The third-order valence-corrected chi connectivity index (χ3v) is 4.69. The van der Waals surface area contributed by atoms with Gasteiger partial charge < -0.3 is 14.8 Å². The first-order valence-electron chi connectivity index (χ1n) is 8.73. The van der Waals surface area contributed by atoms with Crippen LogP contribution in [0.2, 0.25) is 0 Å². The molecule has 0 radical (unpaired) electrons. The third-order valence-electron chi connectivity index (χ3n) is 3.68. The van der Waals surface area contributed by atoms with Gasteiger partial charge in [0.1, 0.15) is 22.9 Å². The Balaban J connectivity index is 1.70. The molecule has 2 aromatic carbocycles. The van der Waals surface area contributed by atoms with Crippen LogP contribution in [-0.2, 0) is 4.79 Å². The lowest BCUT2D eigenvalue weighted by Crippen LogP contribution is -2.15. The molecule has 0 aliphatic carbocycles. The summed E-state index contributed by atoms with van der Waals surface area (Å²) in [6.45, 7) is 4.88. The van der Waals surface area contributed by atoms with Gasteiger partial charge in [0.15, 0.2) is 0 Å². The van der Waals surface area contributed by atoms with Crippen LogP contribution in [0.4, 0.5) is 5.69 Å². The molecule has 3 aromatic rings. The minimum Gasteiger partial charge on any atom is -0.494 e. The Morgan fingerprint density at radius 2 is 1.89 bits per heavy atom. The van der Waals surface area contributed by atoms with E-state index in [0.717, 1.165) is 15.9 Å². The third kappa shape index (κ3) is 4.89. The second-order valence-electron chi connectivity index (χ2n) is 5.56. The second-order valence-corrected chi connectivity index (χ2v) is 6.52. The van der Waals surface area contributed by atoms with Crippen LogP contribution in [0.15, 0.2) is 53.8 Å². The van der Waals surface area contributed by atoms with Crippen LogP contribution in [0.5, 0.6) is 11.5 Å². The van der Waals surface area contributed by atoms with Crippen molar-refractivity contribution in [2.75, 3.05) is 24.3 Å². The standard InChI is InChI=1S/C20H21N3O3S/c1-3-25-14-9-10-18(26-4-2)17(11-14)23-19(24)12-27-20-15-7-5-6-8-16(15)21-13-22-20/h5-11,13H,3-4,12H2,1-2H3,(H,23,24). The summed E-state index contributed by atoms with van der Waals surface area (Å²) in [5.74, 6) is 1.39. The van der Waals surface area contributed by atoms with E-state index in [9.17, 15) is 4.79 Å². The van der Waals surface area contributed by atoms with Gasteiger partial charge in [0.05, 0.1) is 30.2 Å². The van der Waals surface area contributed by atoms with Gasteiger partial charge in [0.25, 0.3) is 0 Å². The Kier molecular flexibility index (Phi) is 6.49. The Morgan fingerprint density at radius 3 is 2.70 bits per heavy atom. The first-order valence-corrected chi connectivity index (χ1v) is 9.71. The van der Waals surface area contributed by atoms with Crippen LogP contribution in [0.25, 0.3) is 10.9 Å². The number of amides is 1. The number of nitrogens with one attached hydrogen (secondary N) is 1. The molecular weight excluding hydrogens is 362 g/mol. The quantitative estimate of drug-likeness (QED) is 0.465. The molecule has 1 heterocycles. The molecule has 1 amide bonds. The number of fused-ring (bicyclic) bond motifs is 1. The first-order chi connectivity index (χ1) is 13.2. The molecule has 0 fully saturated rings. The number of hydrogen-bond acceptors (Lipinski definition) is 6. The van der Waals surface area contributed by atoms with Crippen LogP contribution in [0.3, 0.4) is 0 Å². The highest BCUT2D eigenvalue weighted by atomic mass is 32.2. The average Bonchev–Trinajstić information content (AvgIpc) is 2.68. The van der Waals surface area contributed by atoms with Crippen LogP contribution in [0, 0.1) is 0 Å². The second kappa shape index (κ2) is 9.23. The molecule has 0 unspecified atom stereocenters. The van der Waals surface area contributed by atoms with Crippen molar-refractivity contribution in [2.45, 2.75) is 18.9 Å². The predicted octanol–water partition coefficient (Wildman–Crippen LogP) is 4.16. The smallest absolute Gasteiger partial charge is 0.234 e. The number of carbonyl (C=O) groups excluding carboxylic acids is 1. The number of ether oxygens (including phenoxy) is 2. The van der Waals surface area contributed by atoms with Gasteiger partial charge in [-0.15, -0.1) is 0 Å². The molecule has 1 N–H and O–H groups in total.